The highest BCUT2D eigenvalue weighted by Crippen LogP contribution is 1.95. The first kappa shape index (κ1) is 7.65. The number of halogens is 1. The van der Waals surface area contributed by atoms with Crippen LogP contribution in [0, 0.1) is 0 Å². The molecule has 0 bridgehead atoms. The molecule has 0 rings (SSSR count). The summed E-state index contributed by atoms with van der Waals surface area (Å²) in [5, 5.41) is 16.5. The van der Waals surface area contributed by atoms with Crippen molar-refractivity contribution in [1.29, 1.82) is 0 Å². The molecule has 3 heteroatoms. The largest absolute Gasteiger partial charge is 0.368 e. The van der Waals surface area contributed by atoms with E-state index < -0.39 is 6.29 Å². The van der Waals surface area contributed by atoms with Crippen LogP contribution in [-0.4, -0.2) is 20.9 Å². The van der Waals surface area contributed by atoms with Gasteiger partial charge in [-0.1, -0.05) is 22.6 Å². The summed E-state index contributed by atoms with van der Waals surface area (Å²) in [4.78, 5) is 0. The van der Waals surface area contributed by atoms with Crippen molar-refractivity contribution in [2.75, 3.05) is 4.43 Å². The van der Waals surface area contributed by atoms with Crippen LogP contribution in [0.1, 0.15) is 12.8 Å². The van der Waals surface area contributed by atoms with Crippen LogP contribution in [0.3, 0.4) is 0 Å². The van der Waals surface area contributed by atoms with Crippen LogP contribution in [0.5, 0.6) is 0 Å². The van der Waals surface area contributed by atoms with E-state index in [1.54, 1.807) is 0 Å². The van der Waals surface area contributed by atoms with Gasteiger partial charge in [0.05, 0.1) is 0 Å². The Morgan fingerprint density at radius 2 is 2.00 bits per heavy atom. The lowest BCUT2D eigenvalue weighted by atomic mass is 10.3. The molecule has 0 heterocycles. The van der Waals surface area contributed by atoms with Crippen LogP contribution < -0.4 is 0 Å². The van der Waals surface area contributed by atoms with Crippen LogP contribution in [0.25, 0.3) is 0 Å². The fraction of sp³-hybridized carbons (Fsp3) is 1.00. The third kappa shape index (κ3) is 6.65. The standard InChI is InChI=1S/C4H9IO2/c5-3-1-2-4(6)7/h4,6-7H,1-3H2. The predicted molar refractivity (Wildman–Crippen MR) is 36.3 cm³/mol. The summed E-state index contributed by atoms with van der Waals surface area (Å²) in [5.41, 5.74) is 0. The predicted octanol–water partition coefficient (Wildman–Crippen LogP) is 0.512. The molecule has 0 saturated heterocycles. The molecule has 0 saturated carbocycles. The second-order valence-electron chi connectivity index (χ2n) is 1.31. The van der Waals surface area contributed by atoms with Crippen molar-refractivity contribution < 1.29 is 10.2 Å². The quantitative estimate of drug-likeness (QED) is 0.410. The molecular formula is C4H9IO2. The summed E-state index contributed by atoms with van der Waals surface area (Å²) in [6.07, 6.45) is 0.288. The highest BCUT2D eigenvalue weighted by Gasteiger charge is 1.92. The lowest BCUT2D eigenvalue weighted by Gasteiger charge is -1.97. The minimum absolute atomic E-state index is 0.503. The van der Waals surface area contributed by atoms with Gasteiger partial charge in [0.2, 0.25) is 0 Å². The molecule has 2 nitrogen and oxygen atoms in total. The maximum absolute atomic E-state index is 8.24. The van der Waals surface area contributed by atoms with Gasteiger partial charge in [-0.2, -0.15) is 0 Å². The van der Waals surface area contributed by atoms with E-state index in [9.17, 15) is 0 Å². The van der Waals surface area contributed by atoms with Crippen molar-refractivity contribution in [2.45, 2.75) is 19.1 Å². The summed E-state index contributed by atoms with van der Waals surface area (Å²) in [7, 11) is 0. The molecule has 0 aromatic rings. The molecular weight excluding hydrogens is 207 g/mol. The number of hydrogen-bond acceptors (Lipinski definition) is 2. The number of hydrogen-bond donors (Lipinski definition) is 2. The zero-order chi connectivity index (χ0) is 5.70. The molecule has 44 valence electrons. The average Bonchev–Trinajstić information content (AvgIpc) is 1.61. The molecule has 0 radical (unpaired) electrons. The molecule has 0 aliphatic rings. The molecule has 0 amide bonds. The van der Waals surface area contributed by atoms with Gasteiger partial charge in [0.25, 0.3) is 0 Å². The molecule has 0 spiro atoms. The molecule has 0 atom stereocenters. The highest BCUT2D eigenvalue weighted by molar-refractivity contribution is 14.1. The van der Waals surface area contributed by atoms with Gasteiger partial charge < -0.3 is 10.2 Å². The van der Waals surface area contributed by atoms with Crippen molar-refractivity contribution in [3.05, 3.63) is 0 Å². The van der Waals surface area contributed by atoms with Gasteiger partial charge in [0, 0.05) is 0 Å². The Labute approximate surface area is 56.7 Å². The van der Waals surface area contributed by atoms with Gasteiger partial charge >= 0.3 is 0 Å². The summed E-state index contributed by atoms with van der Waals surface area (Å²) in [5.74, 6) is 0. The van der Waals surface area contributed by atoms with Gasteiger partial charge in [-0.3, -0.25) is 0 Å². The van der Waals surface area contributed by atoms with Gasteiger partial charge in [-0.05, 0) is 17.3 Å². The van der Waals surface area contributed by atoms with Gasteiger partial charge in [-0.25, -0.2) is 0 Å². The van der Waals surface area contributed by atoms with E-state index >= 15 is 0 Å². The molecule has 0 aromatic heterocycles. The van der Waals surface area contributed by atoms with E-state index in [0.717, 1.165) is 10.8 Å². The topological polar surface area (TPSA) is 40.5 Å². The first-order valence-electron chi connectivity index (χ1n) is 2.19. The Bertz CT molecular complexity index is 38.7. The minimum atomic E-state index is -1.10. The summed E-state index contributed by atoms with van der Waals surface area (Å²) < 4.78 is 0.995. The van der Waals surface area contributed by atoms with Crippen LogP contribution in [0.4, 0.5) is 0 Å². The number of aliphatic hydroxyl groups excluding tert-OH is 1. The van der Waals surface area contributed by atoms with Gasteiger partial charge in [-0.15, -0.1) is 0 Å². The van der Waals surface area contributed by atoms with Crippen molar-refractivity contribution in [3.63, 3.8) is 0 Å². The first-order chi connectivity index (χ1) is 3.27. The zero-order valence-corrected chi connectivity index (χ0v) is 6.13. The second-order valence-corrected chi connectivity index (χ2v) is 2.39. The third-order valence-electron chi connectivity index (χ3n) is 0.596. The van der Waals surface area contributed by atoms with Crippen molar-refractivity contribution in [2.24, 2.45) is 0 Å². The molecule has 0 aliphatic heterocycles. The molecule has 7 heavy (non-hydrogen) atoms. The number of alkyl halides is 1. The molecule has 0 fully saturated rings. The summed E-state index contributed by atoms with van der Waals surface area (Å²) >= 11 is 2.20. The first-order valence-corrected chi connectivity index (χ1v) is 3.72. The lowest BCUT2D eigenvalue weighted by Crippen LogP contribution is -2.02. The normalized spacial score (nSPS) is 10.3. The Hall–Kier alpha value is 0.650. The lowest BCUT2D eigenvalue weighted by molar-refractivity contribution is -0.0450. The minimum Gasteiger partial charge on any atom is -0.368 e. The number of rotatable bonds is 3. The average molecular weight is 216 g/mol. The van der Waals surface area contributed by atoms with E-state index in [1.807, 2.05) is 0 Å². The molecule has 0 aromatic carbocycles. The fourth-order valence-corrected chi connectivity index (χ4v) is 0.700. The zero-order valence-electron chi connectivity index (χ0n) is 3.97. The van der Waals surface area contributed by atoms with Crippen LogP contribution in [0.2, 0.25) is 0 Å². The van der Waals surface area contributed by atoms with E-state index in [0.29, 0.717) is 6.42 Å². The van der Waals surface area contributed by atoms with Gasteiger partial charge in [0.15, 0.2) is 6.29 Å². The maximum Gasteiger partial charge on any atom is 0.151 e. The SMILES string of the molecule is OC(O)CCCI. The van der Waals surface area contributed by atoms with Gasteiger partial charge in [0.1, 0.15) is 0 Å². The Morgan fingerprint density at radius 1 is 1.43 bits per heavy atom. The van der Waals surface area contributed by atoms with E-state index in [4.69, 9.17) is 10.2 Å². The fourth-order valence-electron chi connectivity index (χ4n) is 0.260. The number of aliphatic hydroxyl groups is 2. The summed E-state index contributed by atoms with van der Waals surface area (Å²) in [6.45, 7) is 0. The maximum atomic E-state index is 8.24. The van der Waals surface area contributed by atoms with E-state index in [1.165, 1.54) is 0 Å². The Kier molecular flexibility index (Phi) is 5.25. The van der Waals surface area contributed by atoms with Crippen LogP contribution in [-0.2, 0) is 0 Å². The van der Waals surface area contributed by atoms with E-state index in [-0.39, 0.29) is 0 Å². The van der Waals surface area contributed by atoms with Crippen molar-refractivity contribution >= 4 is 22.6 Å². The van der Waals surface area contributed by atoms with Crippen molar-refractivity contribution in [1.82, 2.24) is 0 Å². The third-order valence-corrected chi connectivity index (χ3v) is 1.36. The molecule has 0 aliphatic carbocycles. The summed E-state index contributed by atoms with van der Waals surface area (Å²) in [6, 6.07) is 0. The monoisotopic (exact) mass is 216 g/mol. The highest BCUT2D eigenvalue weighted by atomic mass is 127. The smallest absolute Gasteiger partial charge is 0.151 e. The van der Waals surface area contributed by atoms with Crippen molar-refractivity contribution in [3.8, 4) is 0 Å². The molecule has 0 unspecified atom stereocenters. The second kappa shape index (κ2) is 4.80. The Balaban J connectivity index is 2.68. The van der Waals surface area contributed by atoms with Crippen LogP contribution >= 0.6 is 22.6 Å². The van der Waals surface area contributed by atoms with E-state index in [2.05, 4.69) is 22.6 Å². The van der Waals surface area contributed by atoms with Crippen LogP contribution in [0.15, 0.2) is 0 Å². The molecule has 2 N–H and O–H groups in total. The Morgan fingerprint density at radius 3 is 2.14 bits per heavy atom.